The first-order chi connectivity index (χ1) is 28.8. The average molecular weight is 817 g/mol. The molecule has 12 heteroatoms. The molecular formula is C48H56N4O8. The Bertz CT molecular complexity index is 2440. The summed E-state index contributed by atoms with van der Waals surface area (Å²) in [6, 6.07) is 7.82. The van der Waals surface area contributed by atoms with Crippen molar-refractivity contribution in [3.8, 4) is 0 Å². The molecule has 316 valence electrons. The number of nitrogens with zero attached hydrogens (tertiary/aromatic N) is 2. The molecule has 0 fully saturated rings. The van der Waals surface area contributed by atoms with Crippen LogP contribution in [0.1, 0.15) is 125 Å². The van der Waals surface area contributed by atoms with Crippen molar-refractivity contribution < 1.29 is 38.1 Å². The molecule has 0 saturated carbocycles. The molecule has 2 aromatic rings. The van der Waals surface area contributed by atoms with Gasteiger partial charge in [-0.2, -0.15) is 0 Å². The number of carbonyl (C=O) groups excluding carboxylic acids is 4. The number of ether oxygens (including phenoxy) is 4. The lowest BCUT2D eigenvalue weighted by atomic mass is 9.64. The van der Waals surface area contributed by atoms with Crippen molar-refractivity contribution >= 4 is 62.8 Å². The number of methoxy groups -OCH3 is 2. The Balaban J connectivity index is 1.65. The molecule has 1 aliphatic carbocycles. The Morgan fingerprint density at radius 1 is 0.783 bits per heavy atom. The molecule has 60 heavy (non-hydrogen) atoms. The molecule has 12 nitrogen and oxygen atoms in total. The molecule has 2 aromatic heterocycles. The minimum absolute atomic E-state index is 0.162. The number of aromatic amines is 2. The monoisotopic (exact) mass is 816 g/mol. The fourth-order valence-electron chi connectivity index (χ4n) is 8.40. The third-order valence-electron chi connectivity index (χ3n) is 12.0. The van der Waals surface area contributed by atoms with E-state index in [1.165, 1.54) is 14.2 Å². The van der Waals surface area contributed by atoms with Crippen LogP contribution in [-0.4, -0.2) is 71.2 Å². The fourth-order valence-corrected chi connectivity index (χ4v) is 8.40. The van der Waals surface area contributed by atoms with Crippen LogP contribution < -0.4 is 0 Å². The summed E-state index contributed by atoms with van der Waals surface area (Å²) in [5.41, 5.74) is 10.6. The van der Waals surface area contributed by atoms with E-state index in [4.69, 9.17) is 28.9 Å². The van der Waals surface area contributed by atoms with E-state index in [-0.39, 0.29) is 30.4 Å². The van der Waals surface area contributed by atoms with E-state index >= 15 is 0 Å². The molecule has 0 amide bonds. The highest BCUT2D eigenvalue weighted by molar-refractivity contribution is 6.02. The second-order valence-corrected chi connectivity index (χ2v) is 15.7. The zero-order chi connectivity index (χ0) is 43.3. The minimum atomic E-state index is -1.13. The Morgan fingerprint density at radius 2 is 1.42 bits per heavy atom. The van der Waals surface area contributed by atoms with Crippen molar-refractivity contribution in [3.63, 3.8) is 0 Å². The lowest BCUT2D eigenvalue weighted by Crippen LogP contribution is -2.42. The first kappa shape index (κ1) is 43.5. The maximum atomic E-state index is 13.8. The number of rotatable bonds is 15. The van der Waals surface area contributed by atoms with Gasteiger partial charge in [0.05, 0.1) is 61.2 Å². The van der Waals surface area contributed by atoms with Gasteiger partial charge in [-0.05, 0) is 111 Å². The van der Waals surface area contributed by atoms with Crippen molar-refractivity contribution in [2.45, 2.75) is 98.3 Å². The molecule has 0 unspecified atom stereocenters. The molecule has 6 rings (SSSR count). The second-order valence-electron chi connectivity index (χ2n) is 15.7. The fraction of sp³-hybridized carbons (Fsp3) is 0.417. The topological polar surface area (TPSA) is 163 Å². The van der Waals surface area contributed by atoms with Crippen molar-refractivity contribution in [2.24, 2.45) is 5.92 Å². The molecule has 0 radical (unpaired) electrons. The number of aromatic nitrogens is 4. The number of carbonyl (C=O) groups is 4. The third kappa shape index (κ3) is 8.37. The highest BCUT2D eigenvalue weighted by Gasteiger charge is 2.53. The largest absolute Gasteiger partial charge is 0.469 e. The van der Waals surface area contributed by atoms with E-state index in [1.54, 1.807) is 12.2 Å². The van der Waals surface area contributed by atoms with Gasteiger partial charge in [-0.1, -0.05) is 51.5 Å². The predicted octanol–water partition coefficient (Wildman–Crippen LogP) is 9.04. The summed E-state index contributed by atoms with van der Waals surface area (Å²) >= 11 is 0. The van der Waals surface area contributed by atoms with Gasteiger partial charge in [-0.25, -0.2) is 14.8 Å². The van der Waals surface area contributed by atoms with Gasteiger partial charge in [0, 0.05) is 40.8 Å². The number of hydrogen-bond acceptors (Lipinski definition) is 10. The van der Waals surface area contributed by atoms with Crippen LogP contribution >= 0.6 is 0 Å². The predicted molar refractivity (Wildman–Crippen MR) is 232 cm³/mol. The van der Waals surface area contributed by atoms with E-state index in [2.05, 4.69) is 23.5 Å². The van der Waals surface area contributed by atoms with Gasteiger partial charge < -0.3 is 28.9 Å². The number of unbranched alkanes of at least 4 members (excludes halogenated alkanes) is 2. The van der Waals surface area contributed by atoms with E-state index in [0.29, 0.717) is 60.2 Å². The highest BCUT2D eigenvalue weighted by Crippen LogP contribution is 2.53. The molecular weight excluding hydrogens is 761 g/mol. The summed E-state index contributed by atoms with van der Waals surface area (Å²) in [6.07, 6.45) is 9.85. The van der Waals surface area contributed by atoms with E-state index < -0.39 is 23.3 Å². The number of nitrogens with one attached hydrogen (secondary N) is 2. The average Bonchev–Trinajstić information content (AvgIpc) is 3.89. The quantitative estimate of drug-likeness (QED) is 0.101. The summed E-state index contributed by atoms with van der Waals surface area (Å²) in [5, 5.41) is 0. The van der Waals surface area contributed by atoms with Gasteiger partial charge in [-0.15, -0.1) is 0 Å². The van der Waals surface area contributed by atoms with Crippen LogP contribution in [0.15, 0.2) is 54.6 Å². The Labute approximate surface area is 351 Å². The zero-order valence-electron chi connectivity index (χ0n) is 36.1. The number of allylic oxidation sites excluding steroid dienone is 8. The molecule has 4 aliphatic rings. The van der Waals surface area contributed by atoms with Crippen molar-refractivity contribution in [1.29, 1.82) is 0 Å². The summed E-state index contributed by atoms with van der Waals surface area (Å²) in [6.45, 7) is 16.9. The minimum Gasteiger partial charge on any atom is -0.469 e. The SMILES string of the molecule is C=CC1=C(C)c2cc3[nH]c(cc4nc(cc5[nH]c(cc1n2)[C@@]1(C)C5=CC=C(C(=O)OC)[C@H]1C(=O)OC)C(C)=C4CCC(=O)OCCCC)c(CCC(=O)OCCCC)c3C. The van der Waals surface area contributed by atoms with Gasteiger partial charge in [0.25, 0.3) is 0 Å². The molecule has 0 saturated heterocycles. The molecule has 0 spiro atoms. The van der Waals surface area contributed by atoms with Gasteiger partial charge >= 0.3 is 23.9 Å². The number of fused-ring (bicyclic) bond motifs is 11. The van der Waals surface area contributed by atoms with Crippen molar-refractivity contribution in [2.75, 3.05) is 27.4 Å². The van der Waals surface area contributed by atoms with E-state index in [9.17, 15) is 19.2 Å². The molecule has 8 bridgehead atoms. The lowest BCUT2D eigenvalue weighted by Gasteiger charge is -2.36. The smallest absolute Gasteiger partial charge is 0.334 e. The molecule has 3 aliphatic heterocycles. The number of hydrogen-bond donors (Lipinski definition) is 2. The van der Waals surface area contributed by atoms with Crippen LogP contribution in [-0.2, 0) is 50.0 Å². The summed E-state index contributed by atoms with van der Waals surface area (Å²) in [5.74, 6) is -2.84. The number of H-pyrrole nitrogens is 2. The van der Waals surface area contributed by atoms with E-state index in [0.717, 1.165) is 75.7 Å². The summed E-state index contributed by atoms with van der Waals surface area (Å²) in [7, 11) is 2.59. The van der Waals surface area contributed by atoms with Gasteiger partial charge in [0.15, 0.2) is 0 Å². The second kappa shape index (κ2) is 18.5. The van der Waals surface area contributed by atoms with Crippen LogP contribution in [0.25, 0.3) is 38.9 Å². The molecule has 0 aromatic carbocycles. The Kier molecular flexibility index (Phi) is 13.4. The normalized spacial score (nSPS) is 17.6. The van der Waals surface area contributed by atoms with Crippen LogP contribution in [0.3, 0.4) is 0 Å². The lowest BCUT2D eigenvalue weighted by molar-refractivity contribution is -0.149. The Hall–Kier alpha value is -6.04. The van der Waals surface area contributed by atoms with E-state index in [1.807, 2.05) is 65.0 Å². The Morgan fingerprint density at radius 3 is 2.05 bits per heavy atom. The standard InChI is InChI=1S/C48H56N4O8/c1-10-13-21-59-43(53)19-16-31-28(5)36-23-35-27(4)30(12-3)40(51-35)26-42-48(7)34(18-15-33(46(55)57-8)45(48)47(56)58-9)41(52-42)24-37-29(6)32(39(50-37)25-38(31)49-36)17-20-44(54)60-22-14-11-2/h12,15,18,23-26,45,49,52H,3,10-11,13-14,16-17,19-22H2,1-2,4-9H3/t45-,48+/m0/s1. The van der Waals surface area contributed by atoms with Crippen LogP contribution in [0.5, 0.6) is 0 Å². The van der Waals surface area contributed by atoms with Crippen LogP contribution in [0.2, 0.25) is 0 Å². The maximum Gasteiger partial charge on any atom is 0.334 e. The number of aryl methyl sites for hydroxylation is 2. The first-order valence-electron chi connectivity index (χ1n) is 20.8. The molecule has 5 heterocycles. The summed E-state index contributed by atoms with van der Waals surface area (Å²) < 4.78 is 21.6. The van der Waals surface area contributed by atoms with Gasteiger partial charge in [0.2, 0.25) is 0 Å². The maximum absolute atomic E-state index is 13.8. The third-order valence-corrected chi connectivity index (χ3v) is 12.0. The van der Waals surface area contributed by atoms with Crippen molar-refractivity contribution in [1.82, 2.24) is 19.9 Å². The highest BCUT2D eigenvalue weighted by atomic mass is 16.5. The van der Waals surface area contributed by atoms with Crippen LogP contribution in [0.4, 0.5) is 0 Å². The van der Waals surface area contributed by atoms with Crippen LogP contribution in [0, 0.1) is 12.8 Å². The van der Waals surface area contributed by atoms with Gasteiger partial charge in [0.1, 0.15) is 5.92 Å². The zero-order valence-corrected chi connectivity index (χ0v) is 36.1. The molecule has 2 atom stereocenters. The first-order valence-corrected chi connectivity index (χ1v) is 20.8. The summed E-state index contributed by atoms with van der Waals surface area (Å²) in [4.78, 5) is 70.4. The number of esters is 4. The van der Waals surface area contributed by atoms with Crippen molar-refractivity contribution in [3.05, 3.63) is 99.9 Å². The van der Waals surface area contributed by atoms with Gasteiger partial charge in [-0.3, -0.25) is 14.4 Å². The molecule has 2 N–H and O–H groups in total.